The fourth-order valence-electron chi connectivity index (χ4n) is 2.15. The second-order valence-corrected chi connectivity index (χ2v) is 5.60. The van der Waals surface area contributed by atoms with Gasteiger partial charge in [0.05, 0.1) is 0 Å². The van der Waals surface area contributed by atoms with Gasteiger partial charge in [-0.2, -0.15) is 0 Å². The molecule has 1 aromatic heterocycles. The summed E-state index contributed by atoms with van der Waals surface area (Å²) in [6.07, 6.45) is 0. The Balaban J connectivity index is 2.48. The first-order chi connectivity index (χ1) is 8.24. The number of aromatic nitrogens is 2. The molecule has 4 nitrogen and oxygen atoms in total. The van der Waals surface area contributed by atoms with Crippen LogP contribution in [0.25, 0.3) is 10.9 Å². The zero-order valence-electron chi connectivity index (χ0n) is 8.97. The highest BCUT2D eigenvalue weighted by Crippen LogP contribution is 2.27. The van der Waals surface area contributed by atoms with Crippen LogP contribution in [0.4, 0.5) is 0 Å². The summed E-state index contributed by atoms with van der Waals surface area (Å²) in [4.78, 5) is 12.1. The van der Waals surface area contributed by atoms with E-state index in [0.29, 0.717) is 11.4 Å². The van der Waals surface area contributed by atoms with Gasteiger partial charge in [-0.15, -0.1) is 0 Å². The highest BCUT2D eigenvalue weighted by atomic mass is 79.9. The van der Waals surface area contributed by atoms with Gasteiger partial charge in [0.2, 0.25) is 0 Å². The molecule has 1 atom stereocenters. The molecule has 88 valence electrons. The highest BCUT2D eigenvalue weighted by molar-refractivity contribution is 9.09. The maximum Gasteiger partial charge on any atom is 0.368 e. The molecular formula is C11H11BrN3OS+. The van der Waals surface area contributed by atoms with Gasteiger partial charge in [-0.05, 0) is 23.9 Å². The van der Waals surface area contributed by atoms with E-state index in [9.17, 15) is 4.79 Å². The summed E-state index contributed by atoms with van der Waals surface area (Å²) in [5.41, 5.74) is 0.832. The summed E-state index contributed by atoms with van der Waals surface area (Å²) in [5, 5.41) is 2.37. The first kappa shape index (κ1) is 11.1. The Morgan fingerprint density at radius 1 is 1.53 bits per heavy atom. The predicted molar refractivity (Wildman–Crippen MR) is 72.1 cm³/mol. The second kappa shape index (κ2) is 4.03. The van der Waals surface area contributed by atoms with E-state index in [1.807, 2.05) is 24.3 Å². The number of rotatable bonds is 1. The van der Waals surface area contributed by atoms with Gasteiger partial charge in [0.1, 0.15) is 16.9 Å². The molecule has 0 radical (unpaired) electrons. The number of thioether (sulfide) groups is 1. The van der Waals surface area contributed by atoms with E-state index >= 15 is 0 Å². The molecule has 1 aromatic carbocycles. The lowest BCUT2D eigenvalue weighted by molar-refractivity contribution is -0.724. The Kier molecular flexibility index (Phi) is 2.63. The van der Waals surface area contributed by atoms with Crippen molar-refractivity contribution in [1.82, 2.24) is 4.68 Å². The number of hydrogen-bond acceptors (Lipinski definition) is 3. The Morgan fingerprint density at radius 3 is 3.06 bits per heavy atom. The van der Waals surface area contributed by atoms with Crippen LogP contribution in [0.3, 0.4) is 0 Å². The van der Waals surface area contributed by atoms with Crippen molar-refractivity contribution >= 4 is 38.6 Å². The number of para-hydroxylation sites is 1. The molecular weight excluding hydrogens is 302 g/mol. The van der Waals surface area contributed by atoms with Crippen LogP contribution in [0.2, 0.25) is 0 Å². The van der Waals surface area contributed by atoms with E-state index in [1.54, 1.807) is 11.8 Å². The van der Waals surface area contributed by atoms with Crippen LogP contribution in [0.5, 0.6) is 0 Å². The summed E-state index contributed by atoms with van der Waals surface area (Å²) < 4.78 is 3.41. The maximum atomic E-state index is 12.1. The maximum absolute atomic E-state index is 12.1. The fraction of sp³-hybridized carbons (Fsp3) is 0.273. The van der Waals surface area contributed by atoms with Crippen LogP contribution in [0.15, 0.2) is 34.2 Å². The van der Waals surface area contributed by atoms with Crippen LogP contribution in [0.1, 0.15) is 6.04 Å². The van der Waals surface area contributed by atoms with Crippen molar-refractivity contribution in [1.29, 1.82) is 0 Å². The van der Waals surface area contributed by atoms with Gasteiger partial charge in [-0.25, -0.2) is 9.36 Å². The van der Waals surface area contributed by atoms with Crippen LogP contribution in [0, 0.1) is 0 Å². The lowest BCUT2D eigenvalue weighted by Gasteiger charge is -2.08. The zero-order chi connectivity index (χ0) is 12.0. The Morgan fingerprint density at radius 2 is 2.29 bits per heavy atom. The van der Waals surface area contributed by atoms with E-state index in [4.69, 9.17) is 5.84 Å². The number of nitrogens with zero attached hydrogens (tertiary/aromatic N) is 2. The van der Waals surface area contributed by atoms with Crippen molar-refractivity contribution in [2.45, 2.75) is 11.2 Å². The van der Waals surface area contributed by atoms with Crippen LogP contribution in [-0.4, -0.2) is 15.8 Å². The predicted octanol–water partition coefficient (Wildman–Crippen LogP) is 1.04. The SMILES string of the molecule is Nn1c2[n+](c3ccccc3c1=O)C(CBr)CS2. The van der Waals surface area contributed by atoms with Gasteiger partial charge in [0.15, 0.2) is 0 Å². The Hall–Kier alpha value is -1.01. The average molecular weight is 313 g/mol. The molecule has 0 spiro atoms. The number of nitrogens with two attached hydrogens (primary N) is 1. The molecule has 0 amide bonds. The first-order valence-corrected chi connectivity index (χ1v) is 7.38. The summed E-state index contributed by atoms with van der Waals surface area (Å²) in [7, 11) is 0. The number of hydrogen-bond donors (Lipinski definition) is 1. The minimum absolute atomic E-state index is 0.130. The largest absolute Gasteiger partial charge is 0.368 e. The van der Waals surface area contributed by atoms with E-state index < -0.39 is 0 Å². The monoisotopic (exact) mass is 312 g/mol. The van der Waals surface area contributed by atoms with Gasteiger partial charge >= 0.3 is 10.7 Å². The number of benzene rings is 1. The molecule has 17 heavy (non-hydrogen) atoms. The Labute approximate surface area is 111 Å². The molecule has 2 aromatic rings. The lowest BCUT2D eigenvalue weighted by atomic mass is 10.2. The van der Waals surface area contributed by atoms with E-state index in [0.717, 1.165) is 21.8 Å². The minimum atomic E-state index is -0.130. The van der Waals surface area contributed by atoms with Crippen molar-refractivity contribution < 1.29 is 4.57 Å². The van der Waals surface area contributed by atoms with Crippen molar-refractivity contribution in [3.8, 4) is 0 Å². The molecule has 0 saturated carbocycles. The highest BCUT2D eigenvalue weighted by Gasteiger charge is 2.34. The smallest absolute Gasteiger partial charge is 0.265 e. The molecule has 3 rings (SSSR count). The van der Waals surface area contributed by atoms with Crippen LogP contribution >= 0.6 is 27.7 Å². The van der Waals surface area contributed by atoms with Gasteiger partial charge in [-0.1, -0.05) is 32.7 Å². The van der Waals surface area contributed by atoms with E-state index in [1.165, 1.54) is 4.68 Å². The van der Waals surface area contributed by atoms with E-state index in [-0.39, 0.29) is 5.56 Å². The lowest BCUT2D eigenvalue weighted by Crippen LogP contribution is -2.47. The summed E-state index contributed by atoms with van der Waals surface area (Å²) in [6.45, 7) is 0. The quantitative estimate of drug-likeness (QED) is 0.370. The molecule has 0 saturated heterocycles. The van der Waals surface area contributed by atoms with Gasteiger partial charge < -0.3 is 0 Å². The van der Waals surface area contributed by atoms with E-state index in [2.05, 4.69) is 20.5 Å². The number of alkyl halides is 1. The molecule has 1 unspecified atom stereocenters. The first-order valence-electron chi connectivity index (χ1n) is 5.27. The third kappa shape index (κ3) is 1.51. The third-order valence-electron chi connectivity index (χ3n) is 2.97. The van der Waals surface area contributed by atoms with Crippen molar-refractivity contribution in [2.24, 2.45) is 0 Å². The summed E-state index contributed by atoms with van der Waals surface area (Å²) >= 11 is 5.14. The van der Waals surface area contributed by atoms with Crippen LogP contribution < -0.4 is 16.0 Å². The second-order valence-electron chi connectivity index (χ2n) is 3.96. The number of nitrogen functional groups attached to an aromatic ring is 1. The summed E-state index contributed by atoms with van der Waals surface area (Å²) in [6, 6.07) is 7.95. The fourth-order valence-corrected chi connectivity index (χ4v) is 4.19. The van der Waals surface area contributed by atoms with Crippen molar-refractivity contribution in [3.05, 3.63) is 34.6 Å². The molecule has 1 aliphatic rings. The van der Waals surface area contributed by atoms with Crippen LogP contribution in [-0.2, 0) is 0 Å². The zero-order valence-corrected chi connectivity index (χ0v) is 11.4. The Bertz CT molecular complexity index is 655. The molecule has 2 N–H and O–H groups in total. The molecule has 0 bridgehead atoms. The molecule has 1 aliphatic heterocycles. The number of halogens is 1. The standard InChI is InChI=1S/C11H11BrN3OS/c12-5-7-6-17-11-14(7)9-4-2-1-3-8(9)10(16)15(11)13/h1-4,7H,5-6,13H2/q+1. The molecule has 0 aliphatic carbocycles. The number of fused-ring (bicyclic) bond motifs is 3. The normalized spacial score (nSPS) is 18.5. The topological polar surface area (TPSA) is 51.9 Å². The van der Waals surface area contributed by atoms with Gasteiger partial charge in [0, 0.05) is 11.1 Å². The summed E-state index contributed by atoms with van der Waals surface area (Å²) in [5.74, 6) is 6.80. The minimum Gasteiger partial charge on any atom is -0.265 e. The molecule has 0 fully saturated rings. The molecule has 6 heteroatoms. The molecule has 2 heterocycles. The van der Waals surface area contributed by atoms with Crippen molar-refractivity contribution in [3.63, 3.8) is 0 Å². The average Bonchev–Trinajstić information content (AvgIpc) is 2.80. The van der Waals surface area contributed by atoms with Gasteiger partial charge in [-0.3, -0.25) is 5.84 Å². The third-order valence-corrected chi connectivity index (χ3v) is 4.92. The van der Waals surface area contributed by atoms with Gasteiger partial charge in [0.25, 0.3) is 0 Å². The van der Waals surface area contributed by atoms with Crippen molar-refractivity contribution in [2.75, 3.05) is 16.9 Å².